The zero-order valence-corrected chi connectivity index (χ0v) is 12.5. The van der Waals surface area contributed by atoms with Crippen molar-refractivity contribution in [2.75, 3.05) is 6.54 Å². The average Bonchev–Trinajstić information content (AvgIpc) is 2.38. The Morgan fingerprint density at radius 2 is 2.05 bits per heavy atom. The second-order valence-electron chi connectivity index (χ2n) is 4.87. The van der Waals surface area contributed by atoms with E-state index in [-0.39, 0.29) is 22.4 Å². The fraction of sp³-hybridized carbons (Fsp3) is 0.462. The Hall–Kier alpha value is -1.11. The van der Waals surface area contributed by atoms with E-state index in [4.69, 9.17) is 17.3 Å². The molecule has 5 nitrogen and oxygen atoms in total. The third-order valence-corrected chi connectivity index (χ3v) is 5.88. The van der Waals surface area contributed by atoms with Gasteiger partial charge in [0.05, 0.1) is 5.02 Å². The van der Waals surface area contributed by atoms with Crippen LogP contribution in [0.4, 0.5) is 0 Å². The number of sulfonamides is 1. The summed E-state index contributed by atoms with van der Waals surface area (Å²) in [6.45, 7) is 0.394. The molecule has 1 amide bonds. The van der Waals surface area contributed by atoms with Gasteiger partial charge in [-0.3, -0.25) is 4.79 Å². The van der Waals surface area contributed by atoms with Crippen molar-refractivity contribution in [1.82, 2.24) is 4.31 Å². The Labute approximate surface area is 123 Å². The Morgan fingerprint density at radius 3 is 2.70 bits per heavy atom. The predicted molar refractivity (Wildman–Crippen MR) is 76.8 cm³/mol. The molecule has 1 aliphatic rings. The molecule has 2 N–H and O–H groups in total. The molecule has 0 radical (unpaired) electrons. The lowest BCUT2D eigenvalue weighted by molar-refractivity contribution is -0.119. The van der Waals surface area contributed by atoms with Gasteiger partial charge in [0, 0.05) is 19.0 Å². The Kier molecular flexibility index (Phi) is 4.67. The number of halogens is 1. The smallest absolute Gasteiger partial charge is 0.244 e. The summed E-state index contributed by atoms with van der Waals surface area (Å²) in [4.78, 5) is 11.2. The molecule has 1 saturated heterocycles. The minimum absolute atomic E-state index is 0.0453. The molecule has 0 aliphatic carbocycles. The summed E-state index contributed by atoms with van der Waals surface area (Å²) in [5.74, 6) is -0.490. The molecule has 20 heavy (non-hydrogen) atoms. The number of benzene rings is 1. The predicted octanol–water partition coefficient (Wildman–Crippen LogP) is 1.76. The molecule has 2 rings (SSSR count). The van der Waals surface area contributed by atoms with Crippen LogP contribution in [-0.4, -0.2) is 31.2 Å². The van der Waals surface area contributed by atoms with Crippen LogP contribution >= 0.6 is 11.6 Å². The van der Waals surface area contributed by atoms with Crippen LogP contribution < -0.4 is 5.73 Å². The largest absolute Gasteiger partial charge is 0.370 e. The first kappa shape index (κ1) is 15.3. The van der Waals surface area contributed by atoms with Crippen LogP contribution in [0.25, 0.3) is 0 Å². The normalized spacial score (nSPS) is 20.8. The van der Waals surface area contributed by atoms with E-state index >= 15 is 0 Å². The number of piperidine rings is 1. The average molecular weight is 317 g/mol. The molecule has 1 atom stereocenters. The van der Waals surface area contributed by atoms with E-state index in [9.17, 15) is 13.2 Å². The minimum atomic E-state index is -3.69. The van der Waals surface area contributed by atoms with Gasteiger partial charge in [-0.05, 0) is 25.0 Å². The van der Waals surface area contributed by atoms with Gasteiger partial charge in [-0.1, -0.05) is 30.2 Å². The molecule has 0 aromatic heterocycles. The molecule has 0 saturated carbocycles. The summed E-state index contributed by atoms with van der Waals surface area (Å²) in [7, 11) is -3.69. The number of carbonyl (C=O) groups is 1. The van der Waals surface area contributed by atoms with Gasteiger partial charge >= 0.3 is 0 Å². The minimum Gasteiger partial charge on any atom is -0.370 e. The van der Waals surface area contributed by atoms with Crippen molar-refractivity contribution in [2.24, 2.45) is 5.73 Å². The standard InChI is InChI=1S/C13H17ClN2O3S/c14-11-6-1-2-7-12(11)20(18,19)16-8-4-3-5-10(16)9-13(15)17/h1-2,6-7,10H,3-5,8-9H2,(H2,15,17). The van der Waals surface area contributed by atoms with Gasteiger partial charge in [-0.25, -0.2) is 8.42 Å². The number of hydrogen-bond donors (Lipinski definition) is 1. The summed E-state index contributed by atoms with van der Waals surface area (Å²) < 4.78 is 26.7. The second kappa shape index (κ2) is 6.11. The van der Waals surface area contributed by atoms with Crippen molar-refractivity contribution in [3.05, 3.63) is 29.3 Å². The third-order valence-electron chi connectivity index (χ3n) is 3.43. The first-order valence-corrected chi connectivity index (χ1v) is 8.29. The van der Waals surface area contributed by atoms with Gasteiger partial charge in [0.2, 0.25) is 15.9 Å². The highest BCUT2D eigenvalue weighted by molar-refractivity contribution is 7.89. The summed E-state index contributed by atoms with van der Waals surface area (Å²) >= 11 is 5.98. The SMILES string of the molecule is NC(=O)CC1CCCCN1S(=O)(=O)c1ccccc1Cl. The van der Waals surface area contributed by atoms with Gasteiger partial charge in [0.25, 0.3) is 0 Å². The van der Waals surface area contributed by atoms with Crippen LogP contribution in [0.3, 0.4) is 0 Å². The molecule has 1 unspecified atom stereocenters. The fourth-order valence-corrected chi connectivity index (χ4v) is 4.69. The van der Waals surface area contributed by atoms with Crippen molar-refractivity contribution in [3.8, 4) is 0 Å². The van der Waals surface area contributed by atoms with Crippen LogP contribution in [0, 0.1) is 0 Å². The molecule has 7 heteroatoms. The maximum Gasteiger partial charge on any atom is 0.244 e. The number of amides is 1. The Balaban J connectivity index is 2.36. The lowest BCUT2D eigenvalue weighted by atomic mass is 10.0. The highest BCUT2D eigenvalue weighted by Gasteiger charge is 2.35. The van der Waals surface area contributed by atoms with Gasteiger partial charge in [-0.15, -0.1) is 0 Å². The van der Waals surface area contributed by atoms with Crippen LogP contribution in [0.1, 0.15) is 25.7 Å². The third kappa shape index (κ3) is 3.13. The Bertz CT molecular complexity index is 603. The quantitative estimate of drug-likeness (QED) is 0.919. The number of nitrogens with zero attached hydrogens (tertiary/aromatic N) is 1. The van der Waals surface area contributed by atoms with E-state index in [2.05, 4.69) is 0 Å². The van der Waals surface area contributed by atoms with Crippen molar-refractivity contribution < 1.29 is 13.2 Å². The summed E-state index contributed by atoms with van der Waals surface area (Å²) in [6.07, 6.45) is 2.36. The van der Waals surface area contributed by atoms with Crippen molar-refractivity contribution in [1.29, 1.82) is 0 Å². The summed E-state index contributed by atoms with van der Waals surface area (Å²) in [5.41, 5.74) is 5.21. The molecule has 0 spiro atoms. The van der Waals surface area contributed by atoms with Gasteiger partial charge < -0.3 is 5.73 Å². The topological polar surface area (TPSA) is 80.5 Å². The van der Waals surface area contributed by atoms with Crippen LogP contribution in [-0.2, 0) is 14.8 Å². The van der Waals surface area contributed by atoms with Crippen LogP contribution in [0.2, 0.25) is 5.02 Å². The monoisotopic (exact) mass is 316 g/mol. The molecular weight excluding hydrogens is 300 g/mol. The summed E-state index contributed by atoms with van der Waals surface area (Å²) in [5, 5.41) is 0.191. The van der Waals surface area contributed by atoms with Gasteiger partial charge in [0.15, 0.2) is 0 Å². The molecule has 1 aliphatic heterocycles. The number of hydrogen-bond acceptors (Lipinski definition) is 3. The summed E-state index contributed by atoms with van der Waals surface area (Å²) in [6, 6.07) is 5.96. The fourth-order valence-electron chi connectivity index (χ4n) is 2.51. The number of carbonyl (C=O) groups excluding carboxylic acids is 1. The molecule has 1 aromatic carbocycles. The van der Waals surface area contributed by atoms with Gasteiger partial charge in [-0.2, -0.15) is 4.31 Å². The first-order valence-electron chi connectivity index (χ1n) is 6.47. The number of primary amides is 1. The maximum absolute atomic E-state index is 12.7. The van der Waals surface area contributed by atoms with Crippen molar-refractivity contribution >= 4 is 27.5 Å². The number of nitrogens with two attached hydrogens (primary N) is 1. The molecular formula is C13H17ClN2O3S. The molecule has 110 valence electrons. The van der Waals surface area contributed by atoms with E-state index in [1.807, 2.05) is 0 Å². The van der Waals surface area contributed by atoms with Crippen molar-refractivity contribution in [2.45, 2.75) is 36.6 Å². The first-order chi connectivity index (χ1) is 9.43. The van der Waals surface area contributed by atoms with E-state index in [1.165, 1.54) is 10.4 Å². The van der Waals surface area contributed by atoms with Gasteiger partial charge in [0.1, 0.15) is 4.90 Å². The molecule has 1 heterocycles. The zero-order chi connectivity index (χ0) is 14.8. The molecule has 1 fully saturated rings. The number of rotatable bonds is 4. The molecule has 0 bridgehead atoms. The maximum atomic E-state index is 12.7. The van der Waals surface area contributed by atoms with E-state index in [0.29, 0.717) is 13.0 Å². The van der Waals surface area contributed by atoms with Crippen molar-refractivity contribution in [3.63, 3.8) is 0 Å². The second-order valence-corrected chi connectivity index (χ2v) is 7.13. The lowest BCUT2D eigenvalue weighted by Gasteiger charge is -2.34. The molecule has 1 aromatic rings. The lowest BCUT2D eigenvalue weighted by Crippen LogP contribution is -2.45. The van der Waals surface area contributed by atoms with E-state index in [0.717, 1.165) is 12.8 Å². The van der Waals surface area contributed by atoms with Crippen LogP contribution in [0.15, 0.2) is 29.2 Å². The highest BCUT2D eigenvalue weighted by atomic mass is 35.5. The highest BCUT2D eigenvalue weighted by Crippen LogP contribution is 2.30. The Morgan fingerprint density at radius 1 is 1.35 bits per heavy atom. The van der Waals surface area contributed by atoms with Crippen LogP contribution in [0.5, 0.6) is 0 Å². The van der Waals surface area contributed by atoms with E-state index in [1.54, 1.807) is 18.2 Å². The van der Waals surface area contributed by atoms with E-state index < -0.39 is 15.9 Å². The zero-order valence-electron chi connectivity index (χ0n) is 11.0.